The lowest BCUT2D eigenvalue weighted by atomic mass is 10.3. The number of aryl methyl sites for hydroxylation is 1. The number of para-hydroxylation sites is 2. The van der Waals surface area contributed by atoms with Gasteiger partial charge in [0.05, 0.1) is 27.8 Å². The van der Waals surface area contributed by atoms with Crippen LogP contribution in [0, 0.1) is 10.1 Å². The van der Waals surface area contributed by atoms with Crippen LogP contribution in [0.1, 0.15) is 23.1 Å². The van der Waals surface area contributed by atoms with Crippen molar-refractivity contribution < 1.29 is 14.5 Å². The summed E-state index contributed by atoms with van der Waals surface area (Å²) in [4.78, 5) is 22.8. The van der Waals surface area contributed by atoms with Gasteiger partial charge in [0.2, 0.25) is 0 Å². The highest BCUT2D eigenvalue weighted by atomic mass is 79.9. The highest BCUT2D eigenvalue weighted by Crippen LogP contribution is 2.26. The van der Waals surface area contributed by atoms with Crippen molar-refractivity contribution in [3.05, 3.63) is 68.7 Å². The third-order valence-corrected chi connectivity index (χ3v) is 4.56. The fourth-order valence-corrected chi connectivity index (χ4v) is 2.95. The number of carbonyl (C=O) groups is 1. The Morgan fingerprint density at radius 3 is 2.89 bits per heavy atom. The molecule has 146 valence electrons. The van der Waals surface area contributed by atoms with E-state index in [-0.39, 0.29) is 29.8 Å². The summed E-state index contributed by atoms with van der Waals surface area (Å²) in [5.41, 5.74) is 0.936. The average Bonchev–Trinajstić information content (AvgIpc) is 3.31. The average molecular weight is 449 g/mol. The largest absolute Gasteiger partial charge is 0.464 e. The second-order valence-corrected chi connectivity index (χ2v) is 6.53. The predicted octanol–water partition coefficient (Wildman–Crippen LogP) is 2.74. The Morgan fingerprint density at radius 2 is 2.14 bits per heavy atom. The molecule has 10 nitrogen and oxygen atoms in total. The summed E-state index contributed by atoms with van der Waals surface area (Å²) in [5.74, 6) is -0.216. The minimum Gasteiger partial charge on any atom is -0.464 e. The standard InChI is InChI=1S/C17H17BrN6O4/c1-2-23-15(12(18)9-20-23)10-19-17(25)13-7-8-22(21-13)11-28-16-6-4-3-5-14(16)24(26)27/h3-9H,2,10-11H2,1H3,(H,19,25). The van der Waals surface area contributed by atoms with Crippen LogP contribution in [0.5, 0.6) is 5.75 Å². The molecule has 0 bridgehead atoms. The number of nitro groups is 1. The van der Waals surface area contributed by atoms with Crippen LogP contribution in [-0.4, -0.2) is 30.4 Å². The van der Waals surface area contributed by atoms with Crippen LogP contribution in [0.4, 0.5) is 5.69 Å². The molecule has 0 spiro atoms. The molecule has 0 unspecified atom stereocenters. The number of halogens is 1. The van der Waals surface area contributed by atoms with Gasteiger partial charge >= 0.3 is 5.69 Å². The molecule has 0 atom stereocenters. The maximum absolute atomic E-state index is 12.3. The first-order chi connectivity index (χ1) is 13.5. The molecule has 28 heavy (non-hydrogen) atoms. The van der Waals surface area contributed by atoms with E-state index in [0.717, 1.165) is 10.2 Å². The monoisotopic (exact) mass is 448 g/mol. The molecular formula is C17H17BrN6O4. The number of ether oxygens (including phenoxy) is 1. The van der Waals surface area contributed by atoms with Crippen LogP contribution in [-0.2, 0) is 19.8 Å². The zero-order valence-corrected chi connectivity index (χ0v) is 16.5. The van der Waals surface area contributed by atoms with E-state index < -0.39 is 4.92 Å². The first-order valence-electron chi connectivity index (χ1n) is 8.37. The molecule has 1 aromatic carbocycles. The van der Waals surface area contributed by atoms with Crippen LogP contribution in [0.2, 0.25) is 0 Å². The molecule has 0 aliphatic carbocycles. The Balaban J connectivity index is 1.60. The molecule has 1 N–H and O–H groups in total. The Kier molecular flexibility index (Phi) is 6.04. The van der Waals surface area contributed by atoms with E-state index in [4.69, 9.17) is 4.74 Å². The molecule has 0 radical (unpaired) electrons. The summed E-state index contributed by atoms with van der Waals surface area (Å²) in [6.07, 6.45) is 3.25. The van der Waals surface area contributed by atoms with Crippen molar-refractivity contribution in [2.45, 2.75) is 26.7 Å². The van der Waals surface area contributed by atoms with E-state index in [0.29, 0.717) is 13.1 Å². The zero-order valence-electron chi connectivity index (χ0n) is 14.9. The highest BCUT2D eigenvalue weighted by Gasteiger charge is 2.15. The molecule has 0 fully saturated rings. The van der Waals surface area contributed by atoms with Gasteiger partial charge in [-0.05, 0) is 35.0 Å². The molecule has 0 aliphatic heterocycles. The fourth-order valence-electron chi connectivity index (χ4n) is 2.51. The summed E-state index contributed by atoms with van der Waals surface area (Å²) >= 11 is 3.41. The van der Waals surface area contributed by atoms with Gasteiger partial charge in [0.25, 0.3) is 5.91 Å². The van der Waals surface area contributed by atoms with E-state index in [1.807, 2.05) is 6.92 Å². The minimum absolute atomic E-state index is 0.0632. The Bertz CT molecular complexity index is 999. The first kappa shape index (κ1) is 19.5. The van der Waals surface area contributed by atoms with Gasteiger partial charge < -0.3 is 10.1 Å². The topological polar surface area (TPSA) is 117 Å². The Hall–Kier alpha value is -3.21. The molecule has 3 aromatic rings. The minimum atomic E-state index is -0.517. The number of hydrogen-bond donors (Lipinski definition) is 1. The number of nitro benzene ring substituents is 1. The Morgan fingerprint density at radius 1 is 1.36 bits per heavy atom. The lowest BCUT2D eigenvalue weighted by Gasteiger charge is -2.07. The summed E-state index contributed by atoms with van der Waals surface area (Å²) in [6, 6.07) is 7.61. The van der Waals surface area contributed by atoms with Crippen molar-refractivity contribution in [1.29, 1.82) is 0 Å². The Labute approximate surface area is 168 Å². The van der Waals surface area contributed by atoms with E-state index in [9.17, 15) is 14.9 Å². The first-order valence-corrected chi connectivity index (χ1v) is 9.17. The number of nitrogens with zero attached hydrogens (tertiary/aromatic N) is 5. The van der Waals surface area contributed by atoms with E-state index in [2.05, 4.69) is 31.4 Å². The molecule has 1 amide bonds. The third kappa shape index (κ3) is 4.36. The van der Waals surface area contributed by atoms with Gasteiger partial charge in [0.15, 0.2) is 12.5 Å². The van der Waals surface area contributed by atoms with Crippen molar-refractivity contribution in [2.75, 3.05) is 0 Å². The molecule has 0 saturated carbocycles. The second kappa shape index (κ2) is 8.65. The fraction of sp³-hybridized carbons (Fsp3) is 0.235. The van der Waals surface area contributed by atoms with Crippen molar-refractivity contribution in [3.63, 3.8) is 0 Å². The van der Waals surface area contributed by atoms with Crippen LogP contribution in [0.3, 0.4) is 0 Å². The third-order valence-electron chi connectivity index (χ3n) is 3.90. The van der Waals surface area contributed by atoms with Crippen LogP contribution >= 0.6 is 15.9 Å². The molecule has 11 heteroatoms. The lowest BCUT2D eigenvalue weighted by Crippen LogP contribution is -2.25. The maximum Gasteiger partial charge on any atom is 0.311 e. The number of amides is 1. The zero-order chi connectivity index (χ0) is 20.1. The summed E-state index contributed by atoms with van der Waals surface area (Å²) < 4.78 is 9.44. The van der Waals surface area contributed by atoms with Crippen molar-refractivity contribution in [2.24, 2.45) is 0 Å². The van der Waals surface area contributed by atoms with E-state index >= 15 is 0 Å². The van der Waals surface area contributed by atoms with Crippen LogP contribution in [0.25, 0.3) is 0 Å². The smallest absolute Gasteiger partial charge is 0.311 e. The predicted molar refractivity (Wildman–Crippen MR) is 103 cm³/mol. The number of nitrogens with one attached hydrogen (secondary N) is 1. The van der Waals surface area contributed by atoms with Gasteiger partial charge in [-0.3, -0.25) is 19.6 Å². The van der Waals surface area contributed by atoms with Gasteiger partial charge in [0, 0.05) is 18.8 Å². The lowest BCUT2D eigenvalue weighted by molar-refractivity contribution is -0.386. The molecule has 2 heterocycles. The quantitative estimate of drug-likeness (QED) is 0.418. The molecule has 2 aromatic heterocycles. The highest BCUT2D eigenvalue weighted by molar-refractivity contribution is 9.10. The normalized spacial score (nSPS) is 10.6. The van der Waals surface area contributed by atoms with E-state index in [1.165, 1.54) is 16.8 Å². The summed E-state index contributed by atoms with van der Waals surface area (Å²) in [6.45, 7) is 2.89. The number of hydrogen-bond acceptors (Lipinski definition) is 6. The van der Waals surface area contributed by atoms with Crippen molar-refractivity contribution in [1.82, 2.24) is 24.9 Å². The molecule has 0 aliphatic rings. The van der Waals surface area contributed by atoms with E-state index in [1.54, 1.807) is 35.3 Å². The molecule has 0 saturated heterocycles. The number of rotatable bonds is 8. The van der Waals surface area contributed by atoms with Crippen molar-refractivity contribution >= 4 is 27.5 Å². The number of carbonyl (C=O) groups excluding carboxylic acids is 1. The van der Waals surface area contributed by atoms with Crippen molar-refractivity contribution in [3.8, 4) is 5.75 Å². The second-order valence-electron chi connectivity index (χ2n) is 5.68. The number of benzene rings is 1. The van der Waals surface area contributed by atoms with Gasteiger partial charge in [-0.2, -0.15) is 10.2 Å². The summed E-state index contributed by atoms with van der Waals surface area (Å²) in [7, 11) is 0. The molecular weight excluding hydrogens is 432 g/mol. The van der Waals surface area contributed by atoms with Gasteiger partial charge in [-0.25, -0.2) is 4.68 Å². The molecule has 3 rings (SSSR count). The van der Waals surface area contributed by atoms with Crippen LogP contribution in [0.15, 0.2) is 47.2 Å². The van der Waals surface area contributed by atoms with Gasteiger partial charge in [-0.1, -0.05) is 12.1 Å². The number of aromatic nitrogens is 4. The maximum atomic E-state index is 12.3. The van der Waals surface area contributed by atoms with Crippen LogP contribution < -0.4 is 10.1 Å². The SMILES string of the molecule is CCn1ncc(Br)c1CNC(=O)c1ccn(COc2ccccc2[N+](=O)[O-])n1. The van der Waals surface area contributed by atoms with Gasteiger partial charge in [-0.15, -0.1) is 0 Å². The summed E-state index contributed by atoms with van der Waals surface area (Å²) in [5, 5.41) is 22.1. The van der Waals surface area contributed by atoms with Gasteiger partial charge in [0.1, 0.15) is 5.69 Å².